The van der Waals surface area contributed by atoms with Gasteiger partial charge in [0.2, 0.25) is 11.8 Å². The molecule has 208 valence electrons. The lowest BCUT2D eigenvalue weighted by Gasteiger charge is -2.32. The average Bonchev–Trinajstić information content (AvgIpc) is 2.93. The number of piperidine rings is 1. The van der Waals surface area contributed by atoms with E-state index in [-0.39, 0.29) is 17.9 Å². The number of hydrogen-bond acceptors (Lipinski definition) is 4. The van der Waals surface area contributed by atoms with E-state index in [1.165, 1.54) is 13.2 Å². The van der Waals surface area contributed by atoms with Crippen LogP contribution in [0.3, 0.4) is 0 Å². The van der Waals surface area contributed by atoms with Crippen LogP contribution in [-0.2, 0) is 19.1 Å². The highest BCUT2D eigenvalue weighted by atomic mass is 16.5. The van der Waals surface area contributed by atoms with E-state index in [4.69, 9.17) is 0 Å². The summed E-state index contributed by atoms with van der Waals surface area (Å²) in [6, 6.07) is 0.0113. The van der Waals surface area contributed by atoms with E-state index in [0.717, 1.165) is 51.0 Å². The van der Waals surface area contributed by atoms with Crippen LogP contribution < -0.4 is 5.32 Å². The van der Waals surface area contributed by atoms with Gasteiger partial charge < -0.3 is 15.0 Å². The second kappa shape index (κ2) is 22.8. The Morgan fingerprint density at radius 3 is 1.68 bits per heavy atom. The third-order valence-corrected chi connectivity index (χ3v) is 5.89. The highest BCUT2D eigenvalue weighted by molar-refractivity contribution is 5.94. The van der Waals surface area contributed by atoms with Crippen LogP contribution in [0.25, 0.3) is 0 Å². The van der Waals surface area contributed by atoms with Crippen LogP contribution in [0.15, 0.2) is 85.1 Å². The first-order valence-corrected chi connectivity index (χ1v) is 13.8. The maximum absolute atomic E-state index is 12.4. The summed E-state index contributed by atoms with van der Waals surface area (Å²) in [4.78, 5) is 37.2. The Morgan fingerprint density at radius 2 is 1.21 bits per heavy atom. The maximum Gasteiger partial charge on any atom is 0.330 e. The van der Waals surface area contributed by atoms with E-state index in [1.807, 2.05) is 4.90 Å². The van der Waals surface area contributed by atoms with Crippen LogP contribution in [0.5, 0.6) is 0 Å². The summed E-state index contributed by atoms with van der Waals surface area (Å²) in [6.07, 6.45) is 36.9. The number of carbonyl (C=O) groups excluding carboxylic acids is 3. The highest BCUT2D eigenvalue weighted by Gasteiger charge is 2.22. The molecule has 0 aromatic carbocycles. The van der Waals surface area contributed by atoms with Crippen molar-refractivity contribution in [2.75, 3.05) is 20.2 Å². The van der Waals surface area contributed by atoms with Gasteiger partial charge in [0.25, 0.3) is 0 Å². The van der Waals surface area contributed by atoms with Crippen molar-refractivity contribution >= 4 is 17.8 Å². The molecule has 1 aliphatic rings. The predicted molar refractivity (Wildman–Crippen MR) is 156 cm³/mol. The molecule has 1 saturated heterocycles. The van der Waals surface area contributed by atoms with Crippen molar-refractivity contribution < 1.29 is 19.1 Å². The molecule has 2 amide bonds. The predicted octanol–water partition coefficient (Wildman–Crippen LogP) is 6.30. The zero-order chi connectivity index (χ0) is 27.7. The molecule has 0 spiro atoms. The van der Waals surface area contributed by atoms with Gasteiger partial charge in [-0.1, -0.05) is 79.8 Å². The molecular weight excluding hydrogens is 476 g/mol. The van der Waals surface area contributed by atoms with Crippen LogP contribution in [0, 0.1) is 0 Å². The summed E-state index contributed by atoms with van der Waals surface area (Å²) in [6.45, 7) is 3.41. The third kappa shape index (κ3) is 17.9. The lowest BCUT2D eigenvalue weighted by Crippen LogP contribution is -2.46. The second-order valence-electron chi connectivity index (χ2n) is 8.97. The number of hydrogen-bond donors (Lipinski definition) is 1. The Kier molecular flexibility index (Phi) is 19.5. The van der Waals surface area contributed by atoms with Crippen LogP contribution >= 0.6 is 0 Å². The summed E-state index contributed by atoms with van der Waals surface area (Å²) in [5.41, 5.74) is 0. The molecule has 6 heteroatoms. The number of amides is 2. The average molecular weight is 523 g/mol. The fourth-order valence-electron chi connectivity index (χ4n) is 3.74. The molecule has 38 heavy (non-hydrogen) atoms. The topological polar surface area (TPSA) is 75.7 Å². The van der Waals surface area contributed by atoms with Gasteiger partial charge in [-0.05, 0) is 57.8 Å². The standard InChI is InChI=1S/C32H46N2O4/c1-3-4-5-6-7-8-9-10-11-12-13-14-15-16-17-18-19-20-21-22-31(36)34-27-25-29(26-28-34)33-30(35)23-24-32(37)38-2/h4-5,7-8,10-11,13-14,16-17,19-20,23-24,29H,3,6,9,12,15,18,21-22,25-28H2,1-2H3,(H,33,35)/b5-4-,8-7-,11-10-,14-13-,17-16-,20-19-,24-23+. The molecule has 0 aromatic heterocycles. The lowest BCUT2D eigenvalue weighted by molar-refractivity contribution is -0.135. The van der Waals surface area contributed by atoms with Gasteiger partial charge in [-0.3, -0.25) is 9.59 Å². The molecule has 0 atom stereocenters. The number of carbonyl (C=O) groups is 3. The van der Waals surface area contributed by atoms with Crippen LogP contribution in [-0.4, -0.2) is 48.9 Å². The number of allylic oxidation sites excluding steroid dienone is 12. The minimum atomic E-state index is -0.563. The van der Waals surface area contributed by atoms with Crippen LogP contribution in [0.1, 0.15) is 71.1 Å². The van der Waals surface area contributed by atoms with Gasteiger partial charge in [-0.2, -0.15) is 0 Å². The largest absolute Gasteiger partial charge is 0.466 e. The number of nitrogens with zero attached hydrogens (tertiary/aromatic N) is 1. The van der Waals surface area contributed by atoms with Crippen LogP contribution in [0.4, 0.5) is 0 Å². The monoisotopic (exact) mass is 522 g/mol. The van der Waals surface area contributed by atoms with E-state index in [9.17, 15) is 14.4 Å². The fourth-order valence-corrected chi connectivity index (χ4v) is 3.74. The first kappa shape index (κ1) is 32.6. The minimum absolute atomic E-state index is 0.0113. The molecule has 1 rings (SSSR count). The number of rotatable bonds is 17. The normalized spacial score (nSPS) is 15.5. The number of likely N-dealkylation sites (tertiary alicyclic amines) is 1. The van der Waals surface area contributed by atoms with Crippen molar-refractivity contribution in [2.45, 2.75) is 77.2 Å². The molecule has 0 bridgehead atoms. The van der Waals surface area contributed by atoms with Gasteiger partial charge in [-0.15, -0.1) is 0 Å². The molecule has 0 aromatic rings. The van der Waals surface area contributed by atoms with E-state index >= 15 is 0 Å². The quantitative estimate of drug-likeness (QED) is 0.138. The number of nitrogens with one attached hydrogen (secondary N) is 1. The van der Waals surface area contributed by atoms with Crippen LogP contribution in [0.2, 0.25) is 0 Å². The van der Waals surface area contributed by atoms with Gasteiger partial charge in [0.05, 0.1) is 7.11 Å². The molecule has 0 radical (unpaired) electrons. The van der Waals surface area contributed by atoms with Gasteiger partial charge in [-0.25, -0.2) is 4.79 Å². The molecule has 1 aliphatic heterocycles. The second-order valence-corrected chi connectivity index (χ2v) is 8.97. The Labute approximate surface area is 229 Å². The zero-order valence-electron chi connectivity index (χ0n) is 23.2. The first-order valence-electron chi connectivity index (χ1n) is 13.8. The summed E-state index contributed by atoms with van der Waals surface area (Å²) in [7, 11) is 1.26. The summed E-state index contributed by atoms with van der Waals surface area (Å²) < 4.78 is 4.47. The number of esters is 1. The summed E-state index contributed by atoms with van der Waals surface area (Å²) >= 11 is 0. The molecule has 1 heterocycles. The van der Waals surface area contributed by atoms with Crippen molar-refractivity contribution in [2.24, 2.45) is 0 Å². The number of methoxy groups -OCH3 is 1. The van der Waals surface area contributed by atoms with Crippen molar-refractivity contribution in [3.05, 3.63) is 85.1 Å². The molecule has 6 nitrogen and oxygen atoms in total. The van der Waals surface area contributed by atoms with Crippen molar-refractivity contribution in [3.8, 4) is 0 Å². The van der Waals surface area contributed by atoms with Crippen molar-refractivity contribution in [1.82, 2.24) is 10.2 Å². The van der Waals surface area contributed by atoms with E-state index < -0.39 is 5.97 Å². The Balaban J connectivity index is 2.07. The SMILES string of the molecule is CC/C=C\C/C=C\C/C=C\C/C=C\C/C=C\C/C=C\CCC(=O)N1CCC(NC(=O)/C=C/C(=O)OC)CC1. The molecular formula is C32H46N2O4. The fraction of sp³-hybridized carbons (Fsp3) is 0.469. The smallest absolute Gasteiger partial charge is 0.330 e. The van der Waals surface area contributed by atoms with Gasteiger partial charge in [0, 0.05) is 37.7 Å². The molecule has 0 unspecified atom stereocenters. The molecule has 0 aliphatic carbocycles. The van der Waals surface area contributed by atoms with Gasteiger partial charge in [0.1, 0.15) is 0 Å². The first-order chi connectivity index (χ1) is 18.6. The zero-order valence-corrected chi connectivity index (χ0v) is 23.2. The summed E-state index contributed by atoms with van der Waals surface area (Å²) in [5.74, 6) is -0.731. The lowest BCUT2D eigenvalue weighted by atomic mass is 10.0. The Bertz CT molecular complexity index is 885. The molecule has 1 fully saturated rings. The summed E-state index contributed by atoms with van der Waals surface area (Å²) in [5, 5.41) is 2.86. The van der Waals surface area contributed by atoms with Gasteiger partial charge >= 0.3 is 5.97 Å². The van der Waals surface area contributed by atoms with E-state index in [2.05, 4.69) is 89.9 Å². The van der Waals surface area contributed by atoms with Crippen molar-refractivity contribution in [3.63, 3.8) is 0 Å². The van der Waals surface area contributed by atoms with E-state index in [0.29, 0.717) is 32.4 Å². The minimum Gasteiger partial charge on any atom is -0.466 e. The maximum atomic E-state index is 12.4. The highest BCUT2D eigenvalue weighted by Crippen LogP contribution is 2.12. The molecule has 1 N–H and O–H groups in total. The molecule has 0 saturated carbocycles. The van der Waals surface area contributed by atoms with Gasteiger partial charge in [0.15, 0.2) is 0 Å². The Hall–Kier alpha value is -3.41. The Morgan fingerprint density at radius 1 is 0.737 bits per heavy atom. The van der Waals surface area contributed by atoms with Crippen molar-refractivity contribution in [1.29, 1.82) is 0 Å². The third-order valence-electron chi connectivity index (χ3n) is 5.89. The van der Waals surface area contributed by atoms with E-state index in [1.54, 1.807) is 0 Å². The number of ether oxygens (including phenoxy) is 1.